The summed E-state index contributed by atoms with van der Waals surface area (Å²) in [4.78, 5) is 21.2. The molecule has 0 aliphatic heterocycles. The van der Waals surface area contributed by atoms with Gasteiger partial charge in [-0.05, 0) is 24.8 Å². The summed E-state index contributed by atoms with van der Waals surface area (Å²) in [5.41, 5.74) is 2.70. The lowest BCUT2D eigenvalue weighted by atomic mass is 9.82. The van der Waals surface area contributed by atoms with Crippen molar-refractivity contribution in [1.29, 1.82) is 0 Å². The second kappa shape index (κ2) is 4.48. The number of nitrogens with zero attached hydrogens (tertiary/aromatic N) is 4. The first-order valence-electron chi connectivity index (χ1n) is 7.02. The van der Waals surface area contributed by atoms with Gasteiger partial charge in [0.15, 0.2) is 5.78 Å². The Morgan fingerprint density at radius 1 is 1.14 bits per heavy atom. The fraction of sp³-hybridized carbons (Fsp3) is 0.250. The summed E-state index contributed by atoms with van der Waals surface area (Å²) in [6.45, 7) is 1.82. The maximum Gasteiger partial charge on any atom is 0.252 e. The zero-order valence-corrected chi connectivity index (χ0v) is 11.7. The molecule has 2 aromatic heterocycles. The monoisotopic (exact) mass is 278 g/mol. The van der Waals surface area contributed by atoms with Gasteiger partial charge in [0.25, 0.3) is 5.78 Å². The molecule has 1 aliphatic rings. The van der Waals surface area contributed by atoms with E-state index in [2.05, 4.69) is 27.2 Å². The fourth-order valence-corrected chi connectivity index (χ4v) is 2.95. The second-order valence-corrected chi connectivity index (χ2v) is 5.44. The lowest BCUT2D eigenvalue weighted by Crippen LogP contribution is -2.21. The number of hydrogen-bond donors (Lipinski definition) is 0. The summed E-state index contributed by atoms with van der Waals surface area (Å²) in [7, 11) is 0. The molecule has 3 aromatic rings. The van der Waals surface area contributed by atoms with E-state index in [1.807, 2.05) is 25.1 Å². The van der Waals surface area contributed by atoms with Gasteiger partial charge in [0.05, 0.1) is 11.3 Å². The number of aromatic nitrogens is 4. The van der Waals surface area contributed by atoms with Gasteiger partial charge in [-0.25, -0.2) is 9.50 Å². The number of ketones is 1. The molecule has 1 aromatic carbocycles. The van der Waals surface area contributed by atoms with Crippen molar-refractivity contribution in [2.75, 3.05) is 0 Å². The van der Waals surface area contributed by atoms with Crippen molar-refractivity contribution >= 4 is 11.6 Å². The molecule has 0 amide bonds. The van der Waals surface area contributed by atoms with Gasteiger partial charge in [-0.3, -0.25) is 4.79 Å². The van der Waals surface area contributed by atoms with Crippen molar-refractivity contribution in [1.82, 2.24) is 19.6 Å². The Bertz CT molecular complexity index is 838. The van der Waals surface area contributed by atoms with Crippen LogP contribution in [0.1, 0.15) is 39.8 Å². The predicted octanol–water partition coefficient (Wildman–Crippen LogP) is 2.35. The molecule has 5 nitrogen and oxygen atoms in total. The largest absolute Gasteiger partial charge is 0.294 e. The van der Waals surface area contributed by atoms with Crippen LogP contribution in [-0.4, -0.2) is 25.4 Å². The number of fused-ring (bicyclic) bond motifs is 2. The van der Waals surface area contributed by atoms with Gasteiger partial charge in [-0.1, -0.05) is 30.3 Å². The highest BCUT2D eigenvalue weighted by Crippen LogP contribution is 2.31. The Kier molecular flexibility index (Phi) is 2.60. The molecule has 1 aliphatic carbocycles. The molecule has 0 N–H and O–H groups in total. The molecule has 0 saturated heterocycles. The molecule has 1 atom stereocenters. The molecule has 21 heavy (non-hydrogen) atoms. The van der Waals surface area contributed by atoms with Crippen molar-refractivity contribution in [3.05, 3.63) is 59.2 Å². The van der Waals surface area contributed by atoms with Crippen LogP contribution in [-0.2, 0) is 6.42 Å². The Labute approximate surface area is 121 Å². The maximum absolute atomic E-state index is 12.4. The predicted molar refractivity (Wildman–Crippen MR) is 77.4 cm³/mol. The van der Waals surface area contributed by atoms with E-state index in [-0.39, 0.29) is 11.7 Å². The minimum Gasteiger partial charge on any atom is -0.294 e. The quantitative estimate of drug-likeness (QED) is 0.685. The van der Waals surface area contributed by atoms with Gasteiger partial charge in [-0.2, -0.15) is 10.1 Å². The Morgan fingerprint density at radius 2 is 1.95 bits per heavy atom. The van der Waals surface area contributed by atoms with E-state index in [4.69, 9.17) is 0 Å². The number of Topliss-reactive ketones (excluding diaryl/α,β-unsaturated/α-hetero) is 1. The summed E-state index contributed by atoms with van der Waals surface area (Å²) in [6, 6.07) is 10.1. The first-order valence-corrected chi connectivity index (χ1v) is 7.02. The van der Waals surface area contributed by atoms with Crippen molar-refractivity contribution in [3.63, 3.8) is 0 Å². The van der Waals surface area contributed by atoms with E-state index in [0.717, 1.165) is 12.1 Å². The highest BCUT2D eigenvalue weighted by molar-refractivity contribution is 5.98. The Hall–Kier alpha value is -2.56. The molecule has 0 saturated carbocycles. The van der Waals surface area contributed by atoms with E-state index < -0.39 is 0 Å². The third kappa shape index (κ3) is 2.01. The highest BCUT2D eigenvalue weighted by Gasteiger charge is 2.28. The van der Waals surface area contributed by atoms with Crippen LogP contribution in [0.15, 0.2) is 36.5 Å². The van der Waals surface area contributed by atoms with Crippen LogP contribution in [0.25, 0.3) is 5.78 Å². The zero-order chi connectivity index (χ0) is 14.4. The normalized spacial score (nSPS) is 18.0. The van der Waals surface area contributed by atoms with E-state index in [1.165, 1.54) is 5.56 Å². The molecule has 0 radical (unpaired) electrons. The molecule has 5 heteroatoms. The Morgan fingerprint density at radius 3 is 2.76 bits per heavy atom. The van der Waals surface area contributed by atoms with Crippen LogP contribution in [0.5, 0.6) is 0 Å². The summed E-state index contributed by atoms with van der Waals surface area (Å²) < 4.78 is 1.59. The lowest BCUT2D eigenvalue weighted by Gasteiger charge is -2.22. The summed E-state index contributed by atoms with van der Waals surface area (Å²) in [5, 5.41) is 4.22. The minimum absolute atomic E-state index is 0.132. The van der Waals surface area contributed by atoms with Crippen molar-refractivity contribution < 1.29 is 4.79 Å². The van der Waals surface area contributed by atoms with Gasteiger partial charge < -0.3 is 0 Å². The first-order chi connectivity index (χ1) is 10.2. The third-order valence-corrected chi connectivity index (χ3v) is 3.96. The van der Waals surface area contributed by atoms with E-state index in [1.54, 1.807) is 10.7 Å². The molecule has 0 spiro atoms. The molecule has 4 rings (SSSR count). The van der Waals surface area contributed by atoms with Crippen molar-refractivity contribution in [3.8, 4) is 0 Å². The number of benzene rings is 1. The van der Waals surface area contributed by atoms with Crippen LogP contribution in [0, 0.1) is 6.92 Å². The van der Waals surface area contributed by atoms with Gasteiger partial charge in [0, 0.05) is 12.6 Å². The average Bonchev–Trinajstić information content (AvgIpc) is 2.85. The average molecular weight is 278 g/mol. The summed E-state index contributed by atoms with van der Waals surface area (Å²) in [5.74, 6) is 1.56. The summed E-state index contributed by atoms with van der Waals surface area (Å²) in [6.07, 6.45) is 3.06. The number of rotatable bonds is 1. The Balaban J connectivity index is 1.80. The minimum atomic E-state index is 0.132. The summed E-state index contributed by atoms with van der Waals surface area (Å²) >= 11 is 0. The van der Waals surface area contributed by atoms with E-state index in [0.29, 0.717) is 23.6 Å². The van der Waals surface area contributed by atoms with Crippen molar-refractivity contribution in [2.45, 2.75) is 25.7 Å². The zero-order valence-electron chi connectivity index (χ0n) is 11.7. The molecule has 0 fully saturated rings. The molecule has 0 bridgehead atoms. The van der Waals surface area contributed by atoms with Crippen LogP contribution in [0.4, 0.5) is 0 Å². The third-order valence-electron chi connectivity index (χ3n) is 3.96. The second-order valence-electron chi connectivity index (χ2n) is 5.44. The van der Waals surface area contributed by atoms with Gasteiger partial charge in [0.1, 0.15) is 5.82 Å². The number of hydrogen-bond acceptors (Lipinski definition) is 4. The SMILES string of the molecule is Cc1nc2nc3c(cn2n1)C(=O)C[C@@H](c1ccccc1)C3. The molecule has 0 unspecified atom stereocenters. The van der Waals surface area contributed by atoms with E-state index >= 15 is 0 Å². The molecular formula is C16H14N4O. The topological polar surface area (TPSA) is 60.1 Å². The smallest absolute Gasteiger partial charge is 0.252 e. The molecule has 2 heterocycles. The molecule has 104 valence electrons. The lowest BCUT2D eigenvalue weighted by molar-refractivity contribution is 0.0962. The first kappa shape index (κ1) is 12.2. The van der Waals surface area contributed by atoms with Crippen LogP contribution in [0.2, 0.25) is 0 Å². The maximum atomic E-state index is 12.4. The number of carbonyl (C=O) groups excluding carboxylic acids is 1. The van der Waals surface area contributed by atoms with E-state index in [9.17, 15) is 4.79 Å². The van der Waals surface area contributed by atoms with Crippen LogP contribution in [0.3, 0.4) is 0 Å². The molecular weight excluding hydrogens is 264 g/mol. The number of carbonyl (C=O) groups is 1. The standard InChI is InChI=1S/C16H14N4O/c1-10-17-16-18-14-7-12(11-5-3-2-4-6-11)8-15(21)13(14)9-20(16)19-10/h2-6,9,12H,7-8H2,1H3/t12-/m0/s1. The van der Waals surface area contributed by atoms with Crippen LogP contribution < -0.4 is 0 Å². The van der Waals surface area contributed by atoms with Crippen molar-refractivity contribution in [2.24, 2.45) is 0 Å². The number of aryl methyl sites for hydroxylation is 1. The fourth-order valence-electron chi connectivity index (χ4n) is 2.95. The van der Waals surface area contributed by atoms with Gasteiger partial charge in [-0.15, -0.1) is 0 Å². The highest BCUT2D eigenvalue weighted by atomic mass is 16.1. The van der Waals surface area contributed by atoms with Crippen LogP contribution >= 0.6 is 0 Å². The van der Waals surface area contributed by atoms with Gasteiger partial charge >= 0.3 is 0 Å². The van der Waals surface area contributed by atoms with Gasteiger partial charge in [0.2, 0.25) is 0 Å².